The molecule has 1 aromatic heterocycles. The summed E-state index contributed by atoms with van der Waals surface area (Å²) in [5.74, 6) is 0.686. The largest absolute Gasteiger partial charge is 0.489 e. The van der Waals surface area contributed by atoms with E-state index in [2.05, 4.69) is 10.2 Å². The second-order valence-corrected chi connectivity index (χ2v) is 6.29. The van der Waals surface area contributed by atoms with E-state index in [-0.39, 0.29) is 6.10 Å². The molecule has 0 amide bonds. The van der Waals surface area contributed by atoms with E-state index >= 15 is 0 Å². The molecule has 0 aliphatic heterocycles. The van der Waals surface area contributed by atoms with Gasteiger partial charge in [-0.3, -0.25) is 5.10 Å². The number of nitrogens with zero attached hydrogens (tertiary/aromatic N) is 1. The van der Waals surface area contributed by atoms with Crippen molar-refractivity contribution in [2.45, 2.75) is 26.5 Å². The van der Waals surface area contributed by atoms with Crippen molar-refractivity contribution in [3.63, 3.8) is 0 Å². The predicted molar refractivity (Wildman–Crippen MR) is 98.1 cm³/mol. The van der Waals surface area contributed by atoms with Crippen molar-refractivity contribution in [2.24, 2.45) is 5.73 Å². The Balaban J connectivity index is 1.89. The molecule has 0 radical (unpaired) electrons. The first-order valence-corrected chi connectivity index (χ1v) is 8.26. The van der Waals surface area contributed by atoms with E-state index in [9.17, 15) is 0 Å². The van der Waals surface area contributed by atoms with Gasteiger partial charge in [-0.15, -0.1) is 0 Å². The van der Waals surface area contributed by atoms with E-state index in [1.165, 1.54) is 0 Å². The zero-order valence-corrected chi connectivity index (χ0v) is 14.5. The topological polar surface area (TPSA) is 63.9 Å². The molecule has 0 fully saturated rings. The number of benzene rings is 2. The minimum Gasteiger partial charge on any atom is -0.489 e. The van der Waals surface area contributed by atoms with Crippen LogP contribution in [0.4, 0.5) is 0 Å². The van der Waals surface area contributed by atoms with Crippen LogP contribution in [0.1, 0.15) is 19.4 Å². The standard InChI is InChI=1S/C19H20ClN3O/c1-12(2)24-19-7-6-15(9-16(19)20)18-10-17(22-23-18)14-5-3-4-13(8-14)11-21/h3-10,12H,11,21H2,1-2H3,(H,22,23). The molecule has 4 nitrogen and oxygen atoms in total. The van der Waals surface area contributed by atoms with Crippen LogP contribution in [0, 0.1) is 0 Å². The van der Waals surface area contributed by atoms with Crippen LogP contribution in [0.3, 0.4) is 0 Å². The third-order valence-corrected chi connectivity index (χ3v) is 3.94. The average molecular weight is 342 g/mol. The highest BCUT2D eigenvalue weighted by Gasteiger charge is 2.10. The lowest BCUT2D eigenvalue weighted by Crippen LogP contribution is -2.05. The zero-order valence-electron chi connectivity index (χ0n) is 13.7. The molecule has 0 aliphatic rings. The number of rotatable bonds is 5. The maximum Gasteiger partial charge on any atom is 0.138 e. The molecule has 1 heterocycles. The lowest BCUT2D eigenvalue weighted by Gasteiger charge is -2.11. The molecule has 0 spiro atoms. The number of hydrogen-bond donors (Lipinski definition) is 2. The van der Waals surface area contributed by atoms with Gasteiger partial charge in [0.15, 0.2) is 0 Å². The summed E-state index contributed by atoms with van der Waals surface area (Å²) in [7, 11) is 0. The number of nitrogens with two attached hydrogens (primary N) is 1. The van der Waals surface area contributed by atoms with E-state index in [1.807, 2.05) is 62.4 Å². The SMILES string of the molecule is CC(C)Oc1ccc(-c2cc(-c3cccc(CN)c3)n[nH]2)cc1Cl. The van der Waals surface area contributed by atoms with Gasteiger partial charge in [0.1, 0.15) is 5.75 Å². The van der Waals surface area contributed by atoms with Crippen molar-refractivity contribution < 1.29 is 4.74 Å². The molecule has 0 aliphatic carbocycles. The van der Waals surface area contributed by atoms with Gasteiger partial charge < -0.3 is 10.5 Å². The molecule has 0 atom stereocenters. The van der Waals surface area contributed by atoms with Crippen molar-refractivity contribution >= 4 is 11.6 Å². The van der Waals surface area contributed by atoms with E-state index in [1.54, 1.807) is 0 Å². The summed E-state index contributed by atoms with van der Waals surface area (Å²) in [6.45, 7) is 4.46. The first-order chi connectivity index (χ1) is 11.6. The van der Waals surface area contributed by atoms with E-state index in [4.69, 9.17) is 22.1 Å². The highest BCUT2D eigenvalue weighted by Crippen LogP contribution is 2.31. The highest BCUT2D eigenvalue weighted by atomic mass is 35.5. The second-order valence-electron chi connectivity index (χ2n) is 5.88. The lowest BCUT2D eigenvalue weighted by atomic mass is 10.1. The number of ether oxygens (including phenoxy) is 1. The smallest absolute Gasteiger partial charge is 0.138 e. The van der Waals surface area contributed by atoms with Crippen molar-refractivity contribution in [1.82, 2.24) is 10.2 Å². The molecule has 3 rings (SSSR count). The average Bonchev–Trinajstić information content (AvgIpc) is 3.06. The normalized spacial score (nSPS) is 11.0. The van der Waals surface area contributed by atoms with Crippen molar-refractivity contribution in [1.29, 1.82) is 0 Å². The number of H-pyrrole nitrogens is 1. The second kappa shape index (κ2) is 7.07. The summed E-state index contributed by atoms with van der Waals surface area (Å²) in [5, 5.41) is 8.05. The molecule has 3 aromatic rings. The van der Waals surface area contributed by atoms with Gasteiger partial charge in [0.25, 0.3) is 0 Å². The fourth-order valence-electron chi connectivity index (χ4n) is 2.49. The lowest BCUT2D eigenvalue weighted by molar-refractivity contribution is 0.242. The summed E-state index contributed by atoms with van der Waals surface area (Å²) in [6.07, 6.45) is 0.0851. The molecule has 24 heavy (non-hydrogen) atoms. The Bertz CT molecular complexity index is 842. The Morgan fingerprint density at radius 1 is 1.12 bits per heavy atom. The van der Waals surface area contributed by atoms with Crippen LogP contribution in [0.2, 0.25) is 5.02 Å². The molecule has 0 unspecified atom stereocenters. The zero-order chi connectivity index (χ0) is 17.1. The molecule has 3 N–H and O–H groups in total. The van der Waals surface area contributed by atoms with E-state index < -0.39 is 0 Å². The highest BCUT2D eigenvalue weighted by molar-refractivity contribution is 6.32. The van der Waals surface area contributed by atoms with Crippen LogP contribution in [0.15, 0.2) is 48.5 Å². The first-order valence-electron chi connectivity index (χ1n) is 7.88. The third kappa shape index (κ3) is 3.61. The monoisotopic (exact) mass is 341 g/mol. The molecular weight excluding hydrogens is 322 g/mol. The minimum atomic E-state index is 0.0851. The molecule has 124 valence electrons. The molecule has 0 bridgehead atoms. The number of halogens is 1. The first kappa shape index (κ1) is 16.6. The fourth-order valence-corrected chi connectivity index (χ4v) is 2.72. The Morgan fingerprint density at radius 3 is 2.67 bits per heavy atom. The van der Waals surface area contributed by atoms with Gasteiger partial charge in [0, 0.05) is 17.7 Å². The summed E-state index contributed by atoms with van der Waals surface area (Å²) in [6, 6.07) is 15.8. The van der Waals surface area contributed by atoms with Crippen LogP contribution in [0.5, 0.6) is 5.75 Å². The molecule has 0 saturated heterocycles. The van der Waals surface area contributed by atoms with Crippen LogP contribution >= 0.6 is 11.6 Å². The van der Waals surface area contributed by atoms with Gasteiger partial charge in [0.2, 0.25) is 0 Å². The Morgan fingerprint density at radius 2 is 1.96 bits per heavy atom. The van der Waals surface area contributed by atoms with E-state index in [0.29, 0.717) is 17.3 Å². The Labute approximate surface area is 146 Å². The van der Waals surface area contributed by atoms with Crippen molar-refractivity contribution in [3.05, 3.63) is 59.1 Å². The minimum absolute atomic E-state index is 0.0851. The third-order valence-electron chi connectivity index (χ3n) is 3.64. The predicted octanol–water partition coefficient (Wildman–Crippen LogP) is 4.64. The number of hydrogen-bond acceptors (Lipinski definition) is 3. The number of aromatic amines is 1. The molecular formula is C19H20ClN3O. The quantitative estimate of drug-likeness (QED) is 0.710. The summed E-state index contributed by atoms with van der Waals surface area (Å²) in [4.78, 5) is 0. The van der Waals surface area contributed by atoms with Gasteiger partial charge >= 0.3 is 0 Å². The molecule has 5 heteroatoms. The van der Waals surface area contributed by atoms with E-state index in [0.717, 1.165) is 28.1 Å². The van der Waals surface area contributed by atoms with Gasteiger partial charge in [-0.25, -0.2) is 0 Å². The van der Waals surface area contributed by atoms with Crippen LogP contribution < -0.4 is 10.5 Å². The summed E-state index contributed by atoms with van der Waals surface area (Å²) < 4.78 is 5.67. The van der Waals surface area contributed by atoms with Gasteiger partial charge in [-0.2, -0.15) is 5.10 Å². The van der Waals surface area contributed by atoms with Gasteiger partial charge in [-0.05, 0) is 49.7 Å². The number of aromatic nitrogens is 2. The van der Waals surface area contributed by atoms with Crippen molar-refractivity contribution in [3.8, 4) is 28.3 Å². The fraction of sp³-hybridized carbons (Fsp3) is 0.211. The van der Waals surface area contributed by atoms with Crippen molar-refractivity contribution in [2.75, 3.05) is 0 Å². The summed E-state index contributed by atoms with van der Waals surface area (Å²) in [5.41, 5.74) is 10.6. The maximum atomic E-state index is 6.31. The van der Waals surface area contributed by atoms with Crippen LogP contribution in [-0.2, 0) is 6.54 Å². The van der Waals surface area contributed by atoms with Crippen LogP contribution in [-0.4, -0.2) is 16.3 Å². The Kier molecular flexibility index (Phi) is 4.88. The van der Waals surface area contributed by atoms with Crippen LogP contribution in [0.25, 0.3) is 22.5 Å². The molecule has 2 aromatic carbocycles. The number of nitrogens with one attached hydrogen (secondary N) is 1. The van der Waals surface area contributed by atoms with Gasteiger partial charge in [0.05, 0.1) is 22.5 Å². The Hall–Kier alpha value is -2.30. The maximum absolute atomic E-state index is 6.31. The molecule has 0 saturated carbocycles. The van der Waals surface area contributed by atoms with Gasteiger partial charge in [-0.1, -0.05) is 29.8 Å². The summed E-state index contributed by atoms with van der Waals surface area (Å²) >= 11 is 6.31.